The van der Waals surface area contributed by atoms with Gasteiger partial charge >= 0.3 is 11.9 Å². The van der Waals surface area contributed by atoms with Crippen LogP contribution in [0.5, 0.6) is 0 Å². The molecule has 0 bridgehead atoms. The molecule has 0 aliphatic heterocycles. The second-order valence-electron chi connectivity index (χ2n) is 4.15. The lowest BCUT2D eigenvalue weighted by Crippen LogP contribution is -2.54. The van der Waals surface area contributed by atoms with Gasteiger partial charge in [0.25, 0.3) is 0 Å². The summed E-state index contributed by atoms with van der Waals surface area (Å²) < 4.78 is 10.6. The van der Waals surface area contributed by atoms with Crippen molar-refractivity contribution >= 4 is 11.9 Å². The third kappa shape index (κ3) is 3.33. The predicted molar refractivity (Wildman–Crippen MR) is 69.0 cm³/mol. The van der Waals surface area contributed by atoms with Gasteiger partial charge in [-0.05, 0) is 27.7 Å². The van der Waals surface area contributed by atoms with Crippen molar-refractivity contribution in [3.63, 3.8) is 0 Å². The normalized spacial score (nSPS) is 17.3. The molecule has 0 aromatic rings. The summed E-state index contributed by atoms with van der Waals surface area (Å²) in [5.41, 5.74) is -2.26. The molecule has 0 saturated carbocycles. The van der Waals surface area contributed by atoms with Crippen molar-refractivity contribution in [3.8, 4) is 0 Å². The fourth-order valence-electron chi connectivity index (χ4n) is 2.24. The topological polar surface area (TPSA) is 93.1 Å². The summed E-state index contributed by atoms with van der Waals surface area (Å²) in [6.45, 7) is 10.4. The van der Waals surface area contributed by atoms with E-state index in [1.165, 1.54) is 13.8 Å². The van der Waals surface area contributed by atoms with E-state index in [0.717, 1.165) is 0 Å². The Morgan fingerprint density at radius 1 is 1.11 bits per heavy atom. The van der Waals surface area contributed by atoms with Crippen LogP contribution in [0.25, 0.3) is 0 Å². The molecule has 2 N–H and O–H groups in total. The molecule has 2 atom stereocenters. The Hall–Kier alpha value is -1.40. The fraction of sp³-hybridized carbons (Fsp3) is 0.692. The van der Waals surface area contributed by atoms with Crippen LogP contribution in [0.3, 0.4) is 0 Å². The number of hydrogen-bond acceptors (Lipinski definition) is 4. The van der Waals surface area contributed by atoms with Crippen LogP contribution in [0.2, 0.25) is 0 Å². The van der Waals surface area contributed by atoms with Gasteiger partial charge in [-0.15, -0.1) is 0 Å². The lowest BCUT2D eigenvalue weighted by molar-refractivity contribution is -0.172. The molecule has 0 fully saturated rings. The number of rotatable bonds is 9. The summed E-state index contributed by atoms with van der Waals surface area (Å²) in [6.07, 6.45) is -1.75. The van der Waals surface area contributed by atoms with Crippen molar-refractivity contribution in [2.45, 2.75) is 39.9 Å². The van der Waals surface area contributed by atoms with E-state index < -0.39 is 35.1 Å². The van der Waals surface area contributed by atoms with Gasteiger partial charge in [-0.3, -0.25) is 4.79 Å². The highest BCUT2D eigenvalue weighted by atomic mass is 16.5. The van der Waals surface area contributed by atoms with Crippen molar-refractivity contribution in [3.05, 3.63) is 12.2 Å². The predicted octanol–water partition coefficient (Wildman–Crippen LogP) is 1.55. The highest BCUT2D eigenvalue weighted by Gasteiger charge is 2.54. The Balaban J connectivity index is 5.81. The van der Waals surface area contributed by atoms with E-state index in [1.807, 2.05) is 0 Å². The third-order valence-corrected chi connectivity index (χ3v) is 3.23. The second-order valence-corrected chi connectivity index (χ2v) is 4.15. The molecule has 0 radical (unpaired) electrons. The summed E-state index contributed by atoms with van der Waals surface area (Å²) in [5, 5.41) is 18.7. The second kappa shape index (κ2) is 7.25. The minimum atomic E-state index is -1.82. The zero-order valence-corrected chi connectivity index (χ0v) is 11.8. The molecule has 0 amide bonds. The fourth-order valence-corrected chi connectivity index (χ4v) is 2.24. The van der Waals surface area contributed by atoms with Crippen LogP contribution in [0.4, 0.5) is 0 Å². The summed E-state index contributed by atoms with van der Waals surface area (Å²) in [4.78, 5) is 22.9. The van der Waals surface area contributed by atoms with E-state index in [2.05, 4.69) is 6.58 Å². The van der Waals surface area contributed by atoms with Gasteiger partial charge < -0.3 is 19.7 Å². The van der Waals surface area contributed by atoms with Gasteiger partial charge in [0.15, 0.2) is 5.41 Å². The molecule has 0 aliphatic rings. The monoisotopic (exact) mass is 274 g/mol. The summed E-state index contributed by atoms with van der Waals surface area (Å²) in [7, 11) is 0. The van der Waals surface area contributed by atoms with E-state index in [-0.39, 0.29) is 13.2 Å². The summed E-state index contributed by atoms with van der Waals surface area (Å²) in [5.74, 6) is -2.69. The van der Waals surface area contributed by atoms with E-state index in [0.29, 0.717) is 0 Å². The molecule has 6 heteroatoms. The molecule has 110 valence electrons. The molecule has 0 spiro atoms. The highest BCUT2D eigenvalue weighted by Crippen LogP contribution is 2.38. The molecule has 0 aromatic heterocycles. The van der Waals surface area contributed by atoms with Crippen LogP contribution in [0.15, 0.2) is 12.2 Å². The molecular formula is C13H22O6. The van der Waals surface area contributed by atoms with Crippen molar-refractivity contribution in [2.75, 3.05) is 13.2 Å². The number of hydrogen-bond donors (Lipinski definition) is 2. The molecule has 0 aliphatic carbocycles. The zero-order valence-electron chi connectivity index (χ0n) is 11.8. The first-order chi connectivity index (χ1) is 8.76. The lowest BCUT2D eigenvalue weighted by atomic mass is 9.71. The quantitative estimate of drug-likeness (QED) is 0.620. The summed E-state index contributed by atoms with van der Waals surface area (Å²) in [6, 6.07) is 0. The maximum Gasteiger partial charge on any atom is 0.332 e. The first-order valence-corrected chi connectivity index (χ1v) is 6.15. The molecule has 19 heavy (non-hydrogen) atoms. The third-order valence-electron chi connectivity index (χ3n) is 3.23. The van der Waals surface area contributed by atoms with Crippen molar-refractivity contribution in [2.24, 2.45) is 5.41 Å². The molecular weight excluding hydrogens is 252 g/mol. The molecule has 0 rings (SSSR count). The zero-order chi connectivity index (χ0) is 15.2. The Kier molecular flexibility index (Phi) is 6.72. The number of ether oxygens (including phenoxy) is 2. The van der Waals surface area contributed by atoms with Crippen molar-refractivity contribution < 1.29 is 29.3 Å². The largest absolute Gasteiger partial charge is 0.480 e. The molecule has 6 nitrogen and oxygen atoms in total. The van der Waals surface area contributed by atoms with Gasteiger partial charge in [0, 0.05) is 13.2 Å². The van der Waals surface area contributed by atoms with E-state index in [1.54, 1.807) is 13.8 Å². The van der Waals surface area contributed by atoms with Crippen LogP contribution >= 0.6 is 0 Å². The SMILES string of the molecule is C=C(C(=O)O)C(C(=O)O)(C(C)OCC)C(C)OCC. The average molecular weight is 274 g/mol. The Morgan fingerprint density at radius 3 is 1.68 bits per heavy atom. The number of aliphatic carboxylic acids is 2. The van der Waals surface area contributed by atoms with Gasteiger partial charge in [0.2, 0.25) is 0 Å². The maximum absolute atomic E-state index is 11.7. The van der Waals surface area contributed by atoms with Crippen LogP contribution in [-0.4, -0.2) is 47.6 Å². The van der Waals surface area contributed by atoms with E-state index in [4.69, 9.17) is 14.6 Å². The van der Waals surface area contributed by atoms with Crippen molar-refractivity contribution in [1.82, 2.24) is 0 Å². The van der Waals surface area contributed by atoms with Gasteiger partial charge in [-0.1, -0.05) is 6.58 Å². The first kappa shape index (κ1) is 17.6. The van der Waals surface area contributed by atoms with Gasteiger partial charge in [-0.25, -0.2) is 4.79 Å². The molecule has 0 saturated heterocycles. The smallest absolute Gasteiger partial charge is 0.332 e. The Bertz CT molecular complexity index is 337. The van der Waals surface area contributed by atoms with E-state index in [9.17, 15) is 14.7 Å². The van der Waals surface area contributed by atoms with Crippen LogP contribution in [-0.2, 0) is 19.1 Å². The van der Waals surface area contributed by atoms with Crippen molar-refractivity contribution in [1.29, 1.82) is 0 Å². The standard InChI is InChI=1S/C13H22O6/c1-6-18-9(4)13(12(16)17,8(3)11(14)15)10(5)19-7-2/h9-10H,3,6-7H2,1-2,4-5H3,(H,14,15)(H,16,17). The Morgan fingerprint density at radius 2 is 1.47 bits per heavy atom. The van der Waals surface area contributed by atoms with Crippen LogP contribution in [0.1, 0.15) is 27.7 Å². The maximum atomic E-state index is 11.7. The van der Waals surface area contributed by atoms with Gasteiger partial charge in [-0.2, -0.15) is 0 Å². The molecule has 0 heterocycles. The summed E-state index contributed by atoms with van der Waals surface area (Å²) >= 11 is 0. The first-order valence-electron chi connectivity index (χ1n) is 6.15. The lowest BCUT2D eigenvalue weighted by Gasteiger charge is -2.39. The number of carbonyl (C=O) groups is 2. The van der Waals surface area contributed by atoms with Gasteiger partial charge in [0.05, 0.1) is 17.8 Å². The van der Waals surface area contributed by atoms with Gasteiger partial charge in [0.1, 0.15) is 0 Å². The number of carboxylic acid groups (broad SMARTS) is 2. The Labute approximate surface area is 113 Å². The van der Waals surface area contributed by atoms with Crippen LogP contribution in [0, 0.1) is 5.41 Å². The average Bonchev–Trinajstić information content (AvgIpc) is 2.29. The van der Waals surface area contributed by atoms with Crippen LogP contribution < -0.4 is 0 Å². The minimum absolute atomic E-state index is 0.266. The minimum Gasteiger partial charge on any atom is -0.480 e. The molecule has 2 unspecified atom stereocenters. The molecule has 0 aromatic carbocycles. The number of carboxylic acids is 2. The van der Waals surface area contributed by atoms with E-state index >= 15 is 0 Å². The highest BCUT2D eigenvalue weighted by molar-refractivity contribution is 5.97.